The number of rotatable bonds is 7. The molecule has 0 radical (unpaired) electrons. The van der Waals surface area contributed by atoms with Crippen LogP contribution < -0.4 is 0 Å². The maximum absolute atomic E-state index is 13.2. The van der Waals surface area contributed by atoms with Gasteiger partial charge < -0.3 is 9.42 Å². The van der Waals surface area contributed by atoms with Crippen molar-refractivity contribution in [3.05, 3.63) is 71.6 Å². The predicted octanol–water partition coefficient (Wildman–Crippen LogP) is 4.27. The molecule has 1 aliphatic heterocycles. The highest BCUT2D eigenvalue weighted by atomic mass is 16.5. The summed E-state index contributed by atoms with van der Waals surface area (Å²) in [6.07, 6.45) is 1.87. The molecule has 1 unspecified atom stereocenters. The minimum atomic E-state index is -0.0502. The highest BCUT2D eigenvalue weighted by Crippen LogP contribution is 2.25. The van der Waals surface area contributed by atoms with E-state index in [9.17, 15) is 4.79 Å². The summed E-state index contributed by atoms with van der Waals surface area (Å²) < 4.78 is 5.47. The van der Waals surface area contributed by atoms with Gasteiger partial charge in [0.1, 0.15) is 0 Å². The van der Waals surface area contributed by atoms with E-state index < -0.39 is 0 Å². The van der Waals surface area contributed by atoms with Gasteiger partial charge in [-0.3, -0.25) is 9.69 Å². The van der Waals surface area contributed by atoms with Crippen LogP contribution in [0.4, 0.5) is 0 Å². The summed E-state index contributed by atoms with van der Waals surface area (Å²) >= 11 is 0. The van der Waals surface area contributed by atoms with Gasteiger partial charge >= 0.3 is 0 Å². The second kappa shape index (κ2) is 9.88. The third kappa shape index (κ3) is 5.20. The molecular formula is C25H30N4O2. The number of carbonyl (C=O) groups excluding carboxylic acids is 1. The summed E-state index contributed by atoms with van der Waals surface area (Å²) in [7, 11) is 0. The van der Waals surface area contributed by atoms with Gasteiger partial charge in [-0.25, -0.2) is 0 Å². The predicted molar refractivity (Wildman–Crippen MR) is 120 cm³/mol. The topological polar surface area (TPSA) is 62.5 Å². The molecule has 0 saturated carbocycles. The number of carbonyl (C=O) groups is 1. The molecule has 31 heavy (non-hydrogen) atoms. The molecule has 4 rings (SSSR count). The highest BCUT2D eigenvalue weighted by molar-refractivity contribution is 5.83. The van der Waals surface area contributed by atoms with Crippen LogP contribution in [-0.4, -0.2) is 52.0 Å². The molecule has 1 atom stereocenters. The molecule has 0 bridgehead atoms. The number of hydrogen-bond donors (Lipinski definition) is 0. The lowest BCUT2D eigenvalue weighted by molar-refractivity contribution is -0.134. The average Bonchev–Trinajstić information content (AvgIpc) is 3.27. The first-order chi connectivity index (χ1) is 15.1. The van der Waals surface area contributed by atoms with Gasteiger partial charge in [0.05, 0.1) is 12.5 Å². The molecule has 162 valence electrons. The molecule has 0 spiro atoms. The summed E-state index contributed by atoms with van der Waals surface area (Å²) in [6, 6.07) is 18.3. The lowest BCUT2D eigenvalue weighted by Gasteiger charge is -2.36. The number of nitrogens with zero attached hydrogens (tertiary/aromatic N) is 4. The number of amides is 1. The minimum Gasteiger partial charge on any atom is -0.340 e. The monoisotopic (exact) mass is 418 g/mol. The Hall–Kier alpha value is -2.99. The van der Waals surface area contributed by atoms with E-state index in [1.165, 1.54) is 5.56 Å². The van der Waals surface area contributed by atoms with Crippen LogP contribution in [0.2, 0.25) is 0 Å². The zero-order valence-corrected chi connectivity index (χ0v) is 18.3. The van der Waals surface area contributed by atoms with E-state index in [2.05, 4.69) is 41.0 Å². The van der Waals surface area contributed by atoms with Gasteiger partial charge in [-0.05, 0) is 18.9 Å². The normalized spacial score (nSPS) is 15.7. The Kier molecular flexibility index (Phi) is 6.77. The van der Waals surface area contributed by atoms with Gasteiger partial charge in [0.15, 0.2) is 0 Å². The Balaban J connectivity index is 1.33. The quantitative estimate of drug-likeness (QED) is 0.573. The van der Waals surface area contributed by atoms with Crippen molar-refractivity contribution in [2.24, 2.45) is 0 Å². The van der Waals surface area contributed by atoms with Gasteiger partial charge in [0.25, 0.3) is 0 Å². The van der Waals surface area contributed by atoms with E-state index in [1.807, 2.05) is 47.4 Å². The van der Waals surface area contributed by atoms with Crippen LogP contribution >= 0.6 is 0 Å². The van der Waals surface area contributed by atoms with Crippen LogP contribution in [0.5, 0.6) is 0 Å². The largest absolute Gasteiger partial charge is 0.340 e. The Morgan fingerprint density at radius 2 is 1.74 bits per heavy atom. The Bertz CT molecular complexity index is 976. The third-order valence-corrected chi connectivity index (χ3v) is 5.90. The van der Waals surface area contributed by atoms with E-state index in [0.717, 1.165) is 50.1 Å². The van der Waals surface area contributed by atoms with Gasteiger partial charge in [-0.2, -0.15) is 4.98 Å². The first-order valence-electron chi connectivity index (χ1n) is 11.1. The third-order valence-electron chi connectivity index (χ3n) is 5.90. The fourth-order valence-corrected chi connectivity index (χ4v) is 4.08. The van der Waals surface area contributed by atoms with Crippen LogP contribution in [0, 0.1) is 6.92 Å². The van der Waals surface area contributed by atoms with Crippen LogP contribution in [0.15, 0.2) is 59.1 Å². The van der Waals surface area contributed by atoms with Crippen molar-refractivity contribution >= 4 is 5.91 Å². The van der Waals surface area contributed by atoms with Crippen LogP contribution in [0.25, 0.3) is 11.4 Å². The molecular weight excluding hydrogens is 388 g/mol. The molecule has 2 heterocycles. The first kappa shape index (κ1) is 21.2. The Labute approximate surface area is 183 Å². The maximum Gasteiger partial charge on any atom is 0.241 e. The number of aryl methyl sites for hydroxylation is 1. The second-order valence-corrected chi connectivity index (χ2v) is 8.23. The zero-order chi connectivity index (χ0) is 21.6. The molecule has 6 heteroatoms. The lowest BCUT2D eigenvalue weighted by Crippen LogP contribution is -2.49. The van der Waals surface area contributed by atoms with Crippen molar-refractivity contribution in [2.75, 3.05) is 26.2 Å². The standard InChI is InChI=1S/C25H30N4O2/c1-3-7-22(20-8-5-4-6-9-20)25(30)29-16-14-28(15-17-29)18-23-26-24(27-31-23)21-12-10-19(2)11-13-21/h4-6,8-13,22H,3,7,14-18H2,1-2H3. The fourth-order valence-electron chi connectivity index (χ4n) is 4.08. The van der Waals surface area contributed by atoms with Crippen LogP contribution in [0.1, 0.15) is 42.7 Å². The van der Waals surface area contributed by atoms with Crippen molar-refractivity contribution in [1.82, 2.24) is 19.9 Å². The number of piperazine rings is 1. The summed E-state index contributed by atoms with van der Waals surface area (Å²) in [5.41, 5.74) is 3.28. The molecule has 1 amide bonds. The van der Waals surface area contributed by atoms with Crippen molar-refractivity contribution in [2.45, 2.75) is 39.2 Å². The number of aromatic nitrogens is 2. The van der Waals surface area contributed by atoms with Crippen LogP contribution in [-0.2, 0) is 11.3 Å². The molecule has 0 N–H and O–H groups in total. The average molecular weight is 419 g/mol. The summed E-state index contributed by atoms with van der Waals surface area (Å²) in [5.74, 6) is 1.43. The van der Waals surface area contributed by atoms with E-state index in [1.54, 1.807) is 0 Å². The van der Waals surface area contributed by atoms with E-state index in [0.29, 0.717) is 18.3 Å². The number of benzene rings is 2. The van der Waals surface area contributed by atoms with Gasteiger partial charge in [0, 0.05) is 31.7 Å². The molecule has 6 nitrogen and oxygen atoms in total. The minimum absolute atomic E-state index is 0.0502. The summed E-state index contributed by atoms with van der Waals surface area (Å²) in [4.78, 5) is 22.0. The van der Waals surface area contributed by atoms with E-state index >= 15 is 0 Å². The van der Waals surface area contributed by atoms with Crippen molar-refractivity contribution in [3.63, 3.8) is 0 Å². The smallest absolute Gasteiger partial charge is 0.241 e. The first-order valence-corrected chi connectivity index (χ1v) is 11.1. The fraction of sp³-hybridized carbons (Fsp3) is 0.400. The number of hydrogen-bond acceptors (Lipinski definition) is 5. The van der Waals surface area contributed by atoms with Crippen LogP contribution in [0.3, 0.4) is 0 Å². The van der Waals surface area contributed by atoms with E-state index in [4.69, 9.17) is 4.52 Å². The van der Waals surface area contributed by atoms with Crippen molar-refractivity contribution < 1.29 is 9.32 Å². The molecule has 1 aromatic heterocycles. The highest BCUT2D eigenvalue weighted by Gasteiger charge is 2.28. The summed E-state index contributed by atoms with van der Waals surface area (Å²) in [6.45, 7) is 7.87. The van der Waals surface area contributed by atoms with Gasteiger partial charge in [0.2, 0.25) is 17.6 Å². The van der Waals surface area contributed by atoms with Gasteiger partial charge in [-0.1, -0.05) is 78.7 Å². The second-order valence-electron chi connectivity index (χ2n) is 8.23. The van der Waals surface area contributed by atoms with Crippen molar-refractivity contribution in [1.29, 1.82) is 0 Å². The van der Waals surface area contributed by atoms with E-state index in [-0.39, 0.29) is 11.8 Å². The Morgan fingerprint density at radius 1 is 1.03 bits per heavy atom. The molecule has 1 aliphatic rings. The lowest BCUT2D eigenvalue weighted by atomic mass is 9.93. The molecule has 3 aromatic rings. The zero-order valence-electron chi connectivity index (χ0n) is 18.3. The summed E-state index contributed by atoms with van der Waals surface area (Å²) in [5, 5.41) is 4.12. The molecule has 2 aromatic carbocycles. The Morgan fingerprint density at radius 3 is 2.42 bits per heavy atom. The SMILES string of the molecule is CCCC(C(=O)N1CCN(Cc2nc(-c3ccc(C)cc3)no2)CC1)c1ccccc1. The van der Waals surface area contributed by atoms with Crippen molar-refractivity contribution in [3.8, 4) is 11.4 Å². The molecule has 0 aliphatic carbocycles. The molecule has 1 saturated heterocycles. The molecule has 1 fully saturated rings. The van der Waals surface area contributed by atoms with Gasteiger partial charge in [-0.15, -0.1) is 0 Å². The maximum atomic E-state index is 13.2.